The highest BCUT2D eigenvalue weighted by atomic mass is 32.2. The van der Waals surface area contributed by atoms with Crippen molar-refractivity contribution in [1.82, 2.24) is 5.32 Å². The van der Waals surface area contributed by atoms with Crippen molar-refractivity contribution >= 4 is 33.2 Å². The van der Waals surface area contributed by atoms with E-state index in [2.05, 4.69) is 10.6 Å². The van der Waals surface area contributed by atoms with Gasteiger partial charge in [0.25, 0.3) is 15.9 Å². The molecule has 200 valence electrons. The Morgan fingerprint density at radius 2 is 1.71 bits per heavy atom. The fourth-order valence-electron chi connectivity index (χ4n) is 4.36. The van der Waals surface area contributed by atoms with E-state index in [0.717, 1.165) is 33.8 Å². The molecule has 38 heavy (non-hydrogen) atoms. The van der Waals surface area contributed by atoms with Gasteiger partial charge in [-0.15, -0.1) is 0 Å². The summed E-state index contributed by atoms with van der Waals surface area (Å²) in [4.78, 5) is 26.3. The maximum Gasteiger partial charge on any atom is 0.264 e. The number of carbonyl (C=O) groups is 2. The molecule has 0 unspecified atom stereocenters. The second-order valence-electron chi connectivity index (χ2n) is 9.48. The molecule has 3 aromatic carbocycles. The number of hydrogen-bond acceptors (Lipinski definition) is 5. The predicted molar refractivity (Wildman–Crippen MR) is 148 cm³/mol. The first-order valence-electron chi connectivity index (χ1n) is 12.6. The van der Waals surface area contributed by atoms with Gasteiger partial charge in [-0.25, -0.2) is 8.42 Å². The van der Waals surface area contributed by atoms with Crippen molar-refractivity contribution in [2.75, 3.05) is 29.3 Å². The summed E-state index contributed by atoms with van der Waals surface area (Å²) >= 11 is 0. The van der Waals surface area contributed by atoms with E-state index in [-0.39, 0.29) is 16.9 Å². The monoisotopic (exact) mass is 535 g/mol. The molecule has 1 heterocycles. The van der Waals surface area contributed by atoms with Gasteiger partial charge in [0.2, 0.25) is 5.91 Å². The zero-order valence-corrected chi connectivity index (χ0v) is 22.7. The molecule has 4 rings (SSSR count). The van der Waals surface area contributed by atoms with Crippen LogP contribution < -0.4 is 14.9 Å². The van der Waals surface area contributed by atoms with Crippen molar-refractivity contribution in [2.45, 2.75) is 44.6 Å². The zero-order valence-electron chi connectivity index (χ0n) is 21.9. The summed E-state index contributed by atoms with van der Waals surface area (Å²) in [5.41, 5.74) is 3.59. The average Bonchev–Trinajstić information content (AvgIpc) is 3.42. The van der Waals surface area contributed by atoms with E-state index < -0.39 is 22.5 Å². The van der Waals surface area contributed by atoms with Crippen molar-refractivity contribution < 1.29 is 22.7 Å². The van der Waals surface area contributed by atoms with Crippen LogP contribution in [-0.4, -0.2) is 46.0 Å². The first-order valence-corrected chi connectivity index (χ1v) is 14.0. The van der Waals surface area contributed by atoms with Gasteiger partial charge < -0.3 is 15.4 Å². The number of nitrogens with zero attached hydrogens (tertiary/aromatic N) is 1. The molecule has 0 saturated carbocycles. The van der Waals surface area contributed by atoms with Gasteiger partial charge in [-0.3, -0.25) is 13.9 Å². The SMILES string of the molecule is Cc1ccc(S(=O)(=O)N(CC(=O)Nc2ccccc2C(=O)NC[C@H]2CCCO2)c2cccc(C)c2C)cc1. The fraction of sp³-hybridized carbons (Fsp3) is 0.310. The Morgan fingerprint density at radius 3 is 2.42 bits per heavy atom. The normalized spacial score (nSPS) is 15.2. The quantitative estimate of drug-likeness (QED) is 0.424. The van der Waals surface area contributed by atoms with Crippen LogP contribution in [0.2, 0.25) is 0 Å². The minimum atomic E-state index is -4.06. The lowest BCUT2D eigenvalue weighted by molar-refractivity contribution is -0.114. The molecule has 0 aromatic heterocycles. The Bertz CT molecular complexity index is 1410. The van der Waals surface area contributed by atoms with Crippen molar-refractivity contribution in [3.05, 3.63) is 89.0 Å². The number of amides is 2. The number of hydrogen-bond donors (Lipinski definition) is 2. The molecule has 1 atom stereocenters. The molecule has 0 aliphatic carbocycles. The number of benzene rings is 3. The molecular weight excluding hydrogens is 502 g/mol. The average molecular weight is 536 g/mol. The predicted octanol–water partition coefficient (Wildman–Crippen LogP) is 4.35. The van der Waals surface area contributed by atoms with E-state index in [4.69, 9.17) is 4.74 Å². The third-order valence-corrected chi connectivity index (χ3v) is 8.47. The Kier molecular flexibility index (Phi) is 8.48. The van der Waals surface area contributed by atoms with Crippen molar-refractivity contribution in [3.8, 4) is 0 Å². The molecule has 1 aliphatic heterocycles. The fourth-order valence-corrected chi connectivity index (χ4v) is 5.84. The number of carbonyl (C=O) groups excluding carboxylic acids is 2. The summed E-state index contributed by atoms with van der Waals surface area (Å²) in [6.07, 6.45) is 1.84. The number of para-hydroxylation sites is 1. The molecule has 9 heteroatoms. The molecule has 0 bridgehead atoms. The van der Waals surface area contributed by atoms with Gasteiger partial charge in [0.15, 0.2) is 0 Å². The molecule has 1 aliphatic rings. The summed E-state index contributed by atoms with van der Waals surface area (Å²) in [7, 11) is -4.06. The summed E-state index contributed by atoms with van der Waals surface area (Å²) in [6.45, 7) is 6.20. The van der Waals surface area contributed by atoms with Gasteiger partial charge in [0.1, 0.15) is 6.54 Å². The van der Waals surface area contributed by atoms with Crippen molar-refractivity contribution in [3.63, 3.8) is 0 Å². The third-order valence-electron chi connectivity index (χ3n) is 6.70. The van der Waals surface area contributed by atoms with Gasteiger partial charge in [-0.2, -0.15) is 0 Å². The van der Waals surface area contributed by atoms with Gasteiger partial charge >= 0.3 is 0 Å². The van der Waals surface area contributed by atoms with Crippen LogP contribution in [0.4, 0.5) is 11.4 Å². The van der Waals surface area contributed by atoms with Crippen molar-refractivity contribution in [1.29, 1.82) is 0 Å². The van der Waals surface area contributed by atoms with E-state index in [9.17, 15) is 18.0 Å². The second-order valence-corrected chi connectivity index (χ2v) is 11.3. The summed E-state index contributed by atoms with van der Waals surface area (Å²) < 4.78 is 34.2. The molecular formula is C29H33N3O5S. The van der Waals surface area contributed by atoms with Crippen molar-refractivity contribution in [2.24, 2.45) is 0 Å². The smallest absolute Gasteiger partial charge is 0.264 e. The van der Waals surface area contributed by atoms with Crippen LogP contribution in [0.1, 0.15) is 39.9 Å². The van der Waals surface area contributed by atoms with E-state index in [0.29, 0.717) is 30.1 Å². The Hall–Kier alpha value is -3.69. The Morgan fingerprint density at radius 1 is 0.974 bits per heavy atom. The van der Waals surface area contributed by atoms with Gasteiger partial charge in [0.05, 0.1) is 27.9 Å². The lowest BCUT2D eigenvalue weighted by atomic mass is 10.1. The number of anilines is 2. The van der Waals surface area contributed by atoms with Crippen LogP contribution in [-0.2, 0) is 19.6 Å². The molecule has 2 N–H and O–H groups in total. The molecule has 1 saturated heterocycles. The highest BCUT2D eigenvalue weighted by molar-refractivity contribution is 7.92. The number of aryl methyl sites for hydroxylation is 2. The van der Waals surface area contributed by atoms with Gasteiger partial charge in [-0.05, 0) is 75.1 Å². The van der Waals surface area contributed by atoms with Crippen LogP contribution in [0.25, 0.3) is 0 Å². The van der Waals surface area contributed by atoms with E-state index in [1.807, 2.05) is 26.8 Å². The minimum absolute atomic E-state index is 0.0150. The molecule has 1 fully saturated rings. The summed E-state index contributed by atoms with van der Waals surface area (Å²) in [5.74, 6) is -0.906. The first-order chi connectivity index (χ1) is 18.2. The number of nitrogens with one attached hydrogen (secondary N) is 2. The second kappa shape index (κ2) is 11.8. The molecule has 0 radical (unpaired) electrons. The van der Waals surface area contributed by atoms with Crippen LogP contribution >= 0.6 is 0 Å². The Labute approximate surface area is 224 Å². The molecule has 3 aromatic rings. The number of sulfonamides is 1. The van der Waals surface area contributed by atoms with Gasteiger partial charge in [0, 0.05) is 13.2 Å². The zero-order chi connectivity index (χ0) is 27.3. The lowest BCUT2D eigenvalue weighted by Gasteiger charge is -2.26. The first kappa shape index (κ1) is 27.3. The van der Waals surface area contributed by atoms with E-state index >= 15 is 0 Å². The largest absolute Gasteiger partial charge is 0.376 e. The highest BCUT2D eigenvalue weighted by Crippen LogP contribution is 2.29. The lowest BCUT2D eigenvalue weighted by Crippen LogP contribution is -2.39. The van der Waals surface area contributed by atoms with Crippen LogP contribution in [0, 0.1) is 20.8 Å². The molecule has 8 nitrogen and oxygen atoms in total. The van der Waals surface area contributed by atoms with E-state index in [1.165, 1.54) is 12.1 Å². The van der Waals surface area contributed by atoms with Crippen LogP contribution in [0.5, 0.6) is 0 Å². The van der Waals surface area contributed by atoms with Crippen LogP contribution in [0.3, 0.4) is 0 Å². The highest BCUT2D eigenvalue weighted by Gasteiger charge is 2.29. The standard InChI is InChI=1S/C29H33N3O5S/c1-20-13-15-24(16-14-20)38(35,36)32(27-12-6-8-21(2)22(27)3)19-28(33)31-26-11-5-4-10-25(26)29(34)30-18-23-9-7-17-37-23/h4-6,8,10-16,23H,7,9,17-19H2,1-3H3,(H,30,34)(H,31,33)/t23-/m1/s1. The summed E-state index contributed by atoms with van der Waals surface area (Å²) in [6, 6.07) is 18.5. The molecule has 0 spiro atoms. The Balaban J connectivity index is 1.59. The van der Waals surface area contributed by atoms with Gasteiger partial charge in [-0.1, -0.05) is 42.0 Å². The van der Waals surface area contributed by atoms with E-state index in [1.54, 1.807) is 48.5 Å². The molecule has 2 amide bonds. The number of rotatable bonds is 9. The topological polar surface area (TPSA) is 105 Å². The summed E-state index contributed by atoms with van der Waals surface area (Å²) in [5, 5.41) is 5.61. The van der Waals surface area contributed by atoms with Crippen LogP contribution in [0.15, 0.2) is 71.6 Å². The maximum absolute atomic E-state index is 13.8. The number of ether oxygens (including phenoxy) is 1. The minimum Gasteiger partial charge on any atom is -0.376 e. The maximum atomic E-state index is 13.8. The third kappa shape index (κ3) is 6.23.